The van der Waals surface area contributed by atoms with Gasteiger partial charge in [-0.1, -0.05) is 6.07 Å². The number of carbonyl (C=O) groups is 2. The zero-order chi connectivity index (χ0) is 19.4. The van der Waals surface area contributed by atoms with Gasteiger partial charge in [0.25, 0.3) is 11.6 Å². The fraction of sp³-hybridized carbons (Fsp3) is 0.333. The average molecular weight is 375 g/mol. The first-order valence-electron chi connectivity index (χ1n) is 8.11. The number of nitro groups is 1. The number of non-ortho nitro benzene ring substituents is 1. The molecule has 26 heavy (non-hydrogen) atoms. The van der Waals surface area contributed by atoms with Crippen LogP contribution in [0, 0.1) is 24.0 Å². The Morgan fingerprint density at radius 3 is 2.42 bits per heavy atom. The lowest BCUT2D eigenvalue weighted by Crippen LogP contribution is -2.45. The van der Waals surface area contributed by atoms with Crippen molar-refractivity contribution in [2.24, 2.45) is 0 Å². The number of nitrogens with zero attached hydrogens (tertiary/aromatic N) is 1. The number of thiophene rings is 1. The molecule has 2 N–H and O–H groups in total. The summed E-state index contributed by atoms with van der Waals surface area (Å²) in [5.74, 6) is -0.855. The maximum atomic E-state index is 12.4. The first kappa shape index (κ1) is 19.6. The summed E-state index contributed by atoms with van der Waals surface area (Å²) in [7, 11) is 0. The molecular weight excluding hydrogens is 354 g/mol. The molecule has 1 aromatic carbocycles. The highest BCUT2D eigenvalue weighted by Gasteiger charge is 2.21. The van der Waals surface area contributed by atoms with E-state index in [2.05, 4.69) is 10.6 Å². The van der Waals surface area contributed by atoms with E-state index in [-0.39, 0.29) is 23.2 Å². The molecule has 0 aliphatic carbocycles. The van der Waals surface area contributed by atoms with Gasteiger partial charge in [0.05, 0.1) is 11.0 Å². The lowest BCUT2D eigenvalue weighted by atomic mass is 10.1. The lowest BCUT2D eigenvalue weighted by molar-refractivity contribution is -0.384. The van der Waals surface area contributed by atoms with Gasteiger partial charge in [0.15, 0.2) is 0 Å². The minimum Gasteiger partial charge on any atom is -0.348 e. The molecule has 138 valence electrons. The summed E-state index contributed by atoms with van der Waals surface area (Å²) in [5, 5.41) is 16.3. The Hall–Kier alpha value is -2.74. The van der Waals surface area contributed by atoms with Crippen LogP contribution in [-0.2, 0) is 4.79 Å². The molecule has 1 aromatic heterocycles. The zero-order valence-corrected chi connectivity index (χ0v) is 15.8. The predicted molar refractivity (Wildman–Crippen MR) is 100 cm³/mol. The van der Waals surface area contributed by atoms with Gasteiger partial charge in [-0.25, -0.2) is 0 Å². The molecule has 1 heterocycles. The lowest BCUT2D eigenvalue weighted by Gasteiger charge is -2.18. The van der Waals surface area contributed by atoms with Crippen molar-refractivity contribution in [3.8, 4) is 0 Å². The zero-order valence-electron chi connectivity index (χ0n) is 15.0. The van der Waals surface area contributed by atoms with Crippen LogP contribution in [0.3, 0.4) is 0 Å². The van der Waals surface area contributed by atoms with Crippen molar-refractivity contribution in [3.05, 3.63) is 61.3 Å². The topological polar surface area (TPSA) is 101 Å². The van der Waals surface area contributed by atoms with E-state index in [4.69, 9.17) is 0 Å². The molecule has 0 saturated heterocycles. The Balaban J connectivity index is 2.00. The van der Waals surface area contributed by atoms with Crippen LogP contribution in [0.25, 0.3) is 0 Å². The van der Waals surface area contributed by atoms with Gasteiger partial charge in [0, 0.05) is 27.5 Å². The fourth-order valence-corrected chi connectivity index (χ4v) is 3.63. The molecule has 8 heteroatoms. The van der Waals surface area contributed by atoms with Crippen molar-refractivity contribution in [2.75, 3.05) is 0 Å². The second-order valence-electron chi connectivity index (χ2n) is 6.10. The Bertz CT molecular complexity index is 847. The average Bonchev–Trinajstić information content (AvgIpc) is 2.93. The van der Waals surface area contributed by atoms with Crippen LogP contribution in [-0.4, -0.2) is 22.8 Å². The number of benzene rings is 1. The third kappa shape index (κ3) is 4.66. The molecule has 7 nitrogen and oxygen atoms in total. The number of hydrogen-bond donors (Lipinski definition) is 2. The van der Waals surface area contributed by atoms with E-state index < -0.39 is 16.9 Å². The van der Waals surface area contributed by atoms with Crippen molar-refractivity contribution in [3.63, 3.8) is 0 Å². The van der Waals surface area contributed by atoms with Crippen molar-refractivity contribution in [1.29, 1.82) is 0 Å². The number of amides is 2. The van der Waals surface area contributed by atoms with Crippen LogP contribution in [0.1, 0.15) is 45.6 Å². The Labute approximate surface area is 155 Å². The molecule has 0 aliphatic rings. The van der Waals surface area contributed by atoms with Crippen molar-refractivity contribution in [2.45, 2.75) is 39.8 Å². The van der Waals surface area contributed by atoms with Crippen LogP contribution in [0.4, 0.5) is 5.69 Å². The number of rotatable bonds is 6. The van der Waals surface area contributed by atoms with Gasteiger partial charge in [-0.3, -0.25) is 19.7 Å². The van der Waals surface area contributed by atoms with Crippen LogP contribution < -0.4 is 10.6 Å². The second kappa shape index (κ2) is 8.09. The summed E-state index contributed by atoms with van der Waals surface area (Å²) >= 11 is 1.67. The number of aryl methyl sites for hydroxylation is 2. The van der Waals surface area contributed by atoms with Gasteiger partial charge >= 0.3 is 0 Å². The molecule has 2 rings (SSSR count). The summed E-state index contributed by atoms with van der Waals surface area (Å²) in [6.45, 7) is 7.48. The summed E-state index contributed by atoms with van der Waals surface area (Å²) in [6.07, 6.45) is 0. The molecule has 2 unspecified atom stereocenters. The van der Waals surface area contributed by atoms with E-state index in [1.807, 2.05) is 26.8 Å². The van der Waals surface area contributed by atoms with Gasteiger partial charge < -0.3 is 10.6 Å². The third-order valence-corrected chi connectivity index (χ3v) is 4.95. The minimum atomic E-state index is -0.774. The maximum absolute atomic E-state index is 12.4. The Kier molecular flexibility index (Phi) is 6.10. The number of nitrogens with one attached hydrogen (secondary N) is 2. The molecule has 0 spiro atoms. The summed E-state index contributed by atoms with van der Waals surface area (Å²) in [5.41, 5.74) is 1.01. The highest BCUT2D eigenvalue weighted by Crippen LogP contribution is 2.26. The van der Waals surface area contributed by atoms with Gasteiger partial charge in [-0.15, -0.1) is 11.3 Å². The Morgan fingerprint density at radius 2 is 1.85 bits per heavy atom. The van der Waals surface area contributed by atoms with E-state index in [0.29, 0.717) is 0 Å². The molecule has 2 amide bonds. The number of nitro benzene ring substituents is 1. The summed E-state index contributed by atoms with van der Waals surface area (Å²) in [4.78, 5) is 37.1. The van der Waals surface area contributed by atoms with Crippen LogP contribution in [0.2, 0.25) is 0 Å². The molecular formula is C18H21N3O4S. The van der Waals surface area contributed by atoms with Gasteiger partial charge in [0.1, 0.15) is 6.04 Å². The summed E-state index contributed by atoms with van der Waals surface area (Å²) in [6, 6.07) is 6.47. The molecule has 0 radical (unpaired) electrons. The van der Waals surface area contributed by atoms with Crippen molar-refractivity contribution >= 4 is 28.8 Å². The summed E-state index contributed by atoms with van der Waals surface area (Å²) < 4.78 is 0. The number of hydrogen-bond acceptors (Lipinski definition) is 5. The Morgan fingerprint density at radius 1 is 1.15 bits per heavy atom. The van der Waals surface area contributed by atoms with Crippen LogP contribution in [0.5, 0.6) is 0 Å². The van der Waals surface area contributed by atoms with E-state index >= 15 is 0 Å². The van der Waals surface area contributed by atoms with E-state index in [1.54, 1.807) is 18.3 Å². The van der Waals surface area contributed by atoms with E-state index in [1.165, 1.54) is 29.1 Å². The predicted octanol–water partition coefficient (Wildman–Crippen LogP) is 3.27. The van der Waals surface area contributed by atoms with Crippen LogP contribution in [0.15, 0.2) is 30.3 Å². The molecule has 0 saturated carbocycles. The molecule has 0 fully saturated rings. The quantitative estimate of drug-likeness (QED) is 0.597. The standard InChI is InChI=1S/C18H21N3O4S/c1-10-8-16(13(4)26-10)11(2)19-17(22)12(3)20-18(23)14-6-5-7-15(9-14)21(24)25/h5-9,11-12H,1-4H3,(H,19,22)(H,20,23). The highest BCUT2D eigenvalue weighted by molar-refractivity contribution is 7.12. The monoisotopic (exact) mass is 375 g/mol. The highest BCUT2D eigenvalue weighted by atomic mass is 32.1. The number of carbonyl (C=O) groups excluding carboxylic acids is 2. The molecule has 2 atom stereocenters. The second-order valence-corrected chi connectivity index (χ2v) is 7.56. The van der Waals surface area contributed by atoms with Gasteiger partial charge in [-0.2, -0.15) is 0 Å². The molecule has 0 aliphatic heterocycles. The first-order valence-corrected chi connectivity index (χ1v) is 8.93. The SMILES string of the molecule is Cc1cc(C(C)NC(=O)C(C)NC(=O)c2cccc([N+](=O)[O-])c2)c(C)s1. The van der Waals surface area contributed by atoms with Gasteiger partial charge in [-0.05, 0) is 45.4 Å². The van der Waals surface area contributed by atoms with Crippen molar-refractivity contribution in [1.82, 2.24) is 10.6 Å². The molecule has 2 aromatic rings. The minimum absolute atomic E-state index is 0.135. The smallest absolute Gasteiger partial charge is 0.270 e. The van der Waals surface area contributed by atoms with E-state index in [9.17, 15) is 19.7 Å². The van der Waals surface area contributed by atoms with E-state index in [0.717, 1.165) is 10.4 Å². The third-order valence-electron chi connectivity index (χ3n) is 3.96. The fourth-order valence-electron chi connectivity index (χ4n) is 2.60. The first-order chi connectivity index (χ1) is 12.2. The largest absolute Gasteiger partial charge is 0.348 e. The van der Waals surface area contributed by atoms with Crippen LogP contribution >= 0.6 is 11.3 Å². The maximum Gasteiger partial charge on any atom is 0.270 e. The normalized spacial score (nSPS) is 12.9. The molecule has 0 bridgehead atoms. The van der Waals surface area contributed by atoms with Crippen molar-refractivity contribution < 1.29 is 14.5 Å². The van der Waals surface area contributed by atoms with Gasteiger partial charge in [0.2, 0.25) is 5.91 Å².